The lowest BCUT2D eigenvalue weighted by Crippen LogP contribution is -2.68. The van der Waals surface area contributed by atoms with E-state index in [0.717, 1.165) is 24.4 Å². The lowest BCUT2D eigenvalue weighted by molar-refractivity contribution is -0.145. The van der Waals surface area contributed by atoms with Crippen LogP contribution in [0, 0.1) is 6.92 Å². The first-order chi connectivity index (χ1) is 18.1. The van der Waals surface area contributed by atoms with E-state index >= 15 is 0 Å². The number of hydrogen-bond acceptors (Lipinski definition) is 10. The van der Waals surface area contributed by atoms with Crippen molar-refractivity contribution in [2.24, 2.45) is 0 Å². The molecule has 1 aromatic heterocycles. The second kappa shape index (κ2) is 10.8. The first kappa shape index (κ1) is 27.5. The lowest BCUT2D eigenvalue weighted by Gasteiger charge is -2.38. The number of rotatable bonds is 8. The number of likely N-dealkylation sites (N-methyl/N-ethyl adjacent to an activating group) is 1. The highest BCUT2D eigenvalue weighted by Gasteiger charge is 2.51. The van der Waals surface area contributed by atoms with Crippen LogP contribution in [0.3, 0.4) is 0 Å². The summed E-state index contributed by atoms with van der Waals surface area (Å²) < 4.78 is 33.9. The van der Waals surface area contributed by atoms with E-state index in [9.17, 15) is 23.1 Å². The van der Waals surface area contributed by atoms with Crippen LogP contribution in [0.5, 0.6) is 5.75 Å². The molecule has 4 atom stereocenters. The number of benzene rings is 1. The van der Waals surface area contributed by atoms with Crippen molar-refractivity contribution >= 4 is 50.6 Å². The molecule has 13 heteroatoms. The number of aryl methyl sites for hydroxylation is 1. The number of nitrogens with one attached hydrogen (secondary N) is 2. The summed E-state index contributed by atoms with van der Waals surface area (Å²) in [6.45, 7) is 3.48. The minimum Gasteiger partial charge on any atom is -0.504 e. The fourth-order valence-electron chi connectivity index (χ4n) is 5.12. The van der Waals surface area contributed by atoms with Gasteiger partial charge in [-0.15, -0.1) is 0 Å². The Bertz CT molecular complexity index is 1340. The van der Waals surface area contributed by atoms with E-state index in [0.29, 0.717) is 18.8 Å². The van der Waals surface area contributed by atoms with E-state index in [1.807, 2.05) is 31.0 Å². The zero-order valence-corrected chi connectivity index (χ0v) is 23.5. The standard InChI is InChI=1S/C25H31ClN4O6S2/c1-14-5-8-17(36-14)19(18-4-3-13-37-18)28-21-20(23(32)24(21)33)27-16-7-6-15(26)25(22(16)31)38(34,35)30-11-9-29(2)10-12-30/h5-8,18-21,27-28,31H,3-4,9-13H2,1-2H3. The number of phenolic OH excluding ortho intramolecular Hbond substituents is 1. The number of nitrogens with zero attached hydrogens (tertiary/aromatic N) is 2. The van der Waals surface area contributed by atoms with Gasteiger partial charge < -0.3 is 19.7 Å². The Morgan fingerprint density at radius 1 is 1.11 bits per heavy atom. The molecule has 10 nitrogen and oxygen atoms in total. The Kier molecular flexibility index (Phi) is 7.82. The third-order valence-corrected chi connectivity index (χ3v) is 11.2. The molecule has 2 saturated heterocycles. The van der Waals surface area contributed by atoms with Crippen molar-refractivity contribution < 1.29 is 27.5 Å². The molecule has 3 N–H and O–H groups in total. The molecule has 1 aliphatic carbocycles. The first-order valence-corrected chi connectivity index (χ1v) is 15.4. The van der Waals surface area contributed by atoms with E-state index in [-0.39, 0.29) is 35.1 Å². The molecular formula is C25H31ClN4O6S2. The van der Waals surface area contributed by atoms with Gasteiger partial charge in [-0.3, -0.25) is 14.9 Å². The molecule has 1 saturated carbocycles. The molecule has 2 aromatic rings. The third kappa shape index (κ3) is 5.09. The number of sulfonamides is 1. The highest BCUT2D eigenvalue weighted by atomic mass is 35.5. The molecule has 5 rings (SSSR count). The van der Waals surface area contributed by atoms with Gasteiger partial charge in [-0.25, -0.2) is 8.42 Å². The summed E-state index contributed by atoms with van der Waals surface area (Å²) in [6, 6.07) is 4.37. The molecule has 4 unspecified atom stereocenters. The van der Waals surface area contributed by atoms with Gasteiger partial charge in [0, 0.05) is 31.4 Å². The van der Waals surface area contributed by atoms with Crippen LogP contribution < -0.4 is 10.6 Å². The van der Waals surface area contributed by atoms with Crippen molar-refractivity contribution in [2.45, 2.75) is 48.0 Å². The maximum absolute atomic E-state index is 13.4. The zero-order chi connectivity index (χ0) is 27.2. The maximum atomic E-state index is 13.4. The van der Waals surface area contributed by atoms with Crippen LogP contribution >= 0.6 is 23.4 Å². The summed E-state index contributed by atoms with van der Waals surface area (Å²) in [4.78, 5) is 26.9. The average molecular weight is 583 g/mol. The second-order valence-corrected chi connectivity index (χ2v) is 13.6. The smallest absolute Gasteiger partial charge is 0.248 e. The number of ketones is 2. The SMILES string of the molecule is Cc1ccc(C(NC2C(=O)C(=O)C2Nc2ccc(Cl)c(S(=O)(=O)N3CCN(C)CC3)c2O)C2CCCS2)o1. The van der Waals surface area contributed by atoms with E-state index in [1.165, 1.54) is 16.4 Å². The van der Waals surface area contributed by atoms with Crippen LogP contribution in [0.4, 0.5) is 5.69 Å². The molecule has 0 bridgehead atoms. The lowest BCUT2D eigenvalue weighted by atomic mass is 9.82. The van der Waals surface area contributed by atoms with E-state index in [4.69, 9.17) is 16.0 Å². The number of carbonyl (C=O) groups excluding carboxylic acids is 2. The van der Waals surface area contributed by atoms with Gasteiger partial charge in [-0.05, 0) is 56.8 Å². The summed E-state index contributed by atoms with van der Waals surface area (Å²) in [6.07, 6.45) is 2.00. The Balaban J connectivity index is 1.39. The molecule has 0 amide bonds. The molecule has 3 fully saturated rings. The van der Waals surface area contributed by atoms with Crippen LogP contribution in [0.2, 0.25) is 5.02 Å². The fourth-order valence-corrected chi connectivity index (χ4v) is 8.51. The van der Waals surface area contributed by atoms with Gasteiger partial charge in [0.1, 0.15) is 28.5 Å². The predicted molar refractivity (Wildman–Crippen MR) is 145 cm³/mol. The van der Waals surface area contributed by atoms with Gasteiger partial charge in [0.15, 0.2) is 5.75 Å². The quantitative estimate of drug-likeness (QED) is 0.315. The number of furan rings is 1. The van der Waals surface area contributed by atoms with Crippen molar-refractivity contribution in [3.8, 4) is 5.75 Å². The third-order valence-electron chi connectivity index (χ3n) is 7.36. The largest absolute Gasteiger partial charge is 0.504 e. The van der Waals surface area contributed by atoms with Crippen molar-refractivity contribution in [1.29, 1.82) is 0 Å². The van der Waals surface area contributed by atoms with Crippen molar-refractivity contribution in [3.63, 3.8) is 0 Å². The number of phenols is 1. The van der Waals surface area contributed by atoms with Crippen molar-refractivity contribution in [3.05, 3.63) is 40.8 Å². The Morgan fingerprint density at radius 2 is 1.82 bits per heavy atom. The summed E-state index contributed by atoms with van der Waals surface area (Å²) in [7, 11) is -2.19. The number of hydrogen-bond donors (Lipinski definition) is 3. The zero-order valence-electron chi connectivity index (χ0n) is 21.1. The molecule has 0 radical (unpaired) electrons. The van der Waals surface area contributed by atoms with Crippen molar-refractivity contribution in [1.82, 2.24) is 14.5 Å². The molecule has 1 aromatic carbocycles. The maximum Gasteiger partial charge on any atom is 0.248 e. The fraction of sp³-hybridized carbons (Fsp3) is 0.520. The number of anilines is 1. The Labute approximate surface area is 231 Å². The van der Waals surface area contributed by atoms with Gasteiger partial charge in [-0.1, -0.05) is 11.6 Å². The first-order valence-electron chi connectivity index (χ1n) is 12.6. The highest BCUT2D eigenvalue weighted by Crippen LogP contribution is 2.41. The highest BCUT2D eigenvalue weighted by molar-refractivity contribution is 8.00. The van der Waals surface area contributed by atoms with Crippen LogP contribution in [-0.4, -0.2) is 90.6 Å². The van der Waals surface area contributed by atoms with Gasteiger partial charge in [0.2, 0.25) is 21.6 Å². The molecule has 2 aliphatic heterocycles. The molecular weight excluding hydrogens is 552 g/mol. The minimum absolute atomic E-state index is 0.0142. The molecule has 38 heavy (non-hydrogen) atoms. The Morgan fingerprint density at radius 3 is 2.45 bits per heavy atom. The summed E-state index contributed by atoms with van der Waals surface area (Å²) in [5.41, 5.74) is 0.0142. The van der Waals surface area contributed by atoms with Crippen LogP contribution in [0.15, 0.2) is 33.6 Å². The second-order valence-electron chi connectivity index (χ2n) is 9.95. The monoisotopic (exact) mass is 582 g/mol. The number of halogens is 1. The average Bonchev–Trinajstić information content (AvgIpc) is 3.57. The van der Waals surface area contributed by atoms with E-state index < -0.39 is 44.3 Å². The number of thioether (sulfide) groups is 1. The van der Waals surface area contributed by atoms with Gasteiger partial charge >= 0.3 is 0 Å². The molecule has 0 spiro atoms. The molecule has 3 heterocycles. The van der Waals surface area contributed by atoms with Crippen molar-refractivity contribution in [2.75, 3.05) is 44.3 Å². The Hall–Kier alpha value is -2.09. The summed E-state index contributed by atoms with van der Waals surface area (Å²) >= 11 is 8.05. The number of piperazine rings is 1. The van der Waals surface area contributed by atoms with Gasteiger partial charge in [0.05, 0.1) is 16.8 Å². The summed E-state index contributed by atoms with van der Waals surface area (Å²) in [5, 5.41) is 17.3. The number of carbonyl (C=O) groups is 2. The number of aromatic hydroxyl groups is 1. The minimum atomic E-state index is -4.09. The van der Waals surface area contributed by atoms with Gasteiger partial charge in [-0.2, -0.15) is 16.1 Å². The van der Waals surface area contributed by atoms with E-state index in [1.54, 1.807) is 11.8 Å². The van der Waals surface area contributed by atoms with Gasteiger partial charge in [0.25, 0.3) is 0 Å². The number of Topliss-reactive ketones (excluding diaryl/α,β-unsaturated/α-hetero) is 2. The molecule has 3 aliphatic rings. The van der Waals surface area contributed by atoms with E-state index in [2.05, 4.69) is 10.6 Å². The predicted octanol–water partition coefficient (Wildman–Crippen LogP) is 2.41. The van der Waals surface area contributed by atoms with Crippen LogP contribution in [0.1, 0.15) is 30.4 Å². The topological polar surface area (TPSA) is 132 Å². The normalized spacial score (nSPS) is 25.9. The summed E-state index contributed by atoms with van der Waals surface area (Å²) in [5.74, 6) is 0.659. The van der Waals surface area contributed by atoms with Crippen LogP contribution in [0.25, 0.3) is 0 Å². The molecule has 206 valence electrons. The van der Waals surface area contributed by atoms with Crippen LogP contribution in [-0.2, 0) is 19.6 Å².